The number of phenolic OH excluding ortho intramolecular Hbond substituents is 1. The number of hydrogen-bond donors (Lipinski definition) is 3. The molecule has 0 aromatic heterocycles. The Hall–Kier alpha value is -2.51. The maximum absolute atomic E-state index is 9.43. The van der Waals surface area contributed by atoms with Crippen LogP contribution in [0.15, 0.2) is 69.1 Å². The first-order chi connectivity index (χ1) is 13.8. The molecule has 0 spiro atoms. The SMILES string of the molecule is C=C(/N=C(\N=C(/CN(C)C)NCCc1ccc(O)cc1)C1=CSC(=C)C1C)NC. The zero-order valence-corrected chi connectivity index (χ0v) is 18.5. The maximum atomic E-state index is 9.43. The molecule has 2 rings (SSSR count). The normalized spacial score (nSPS) is 17.5. The zero-order valence-electron chi connectivity index (χ0n) is 17.7. The quantitative estimate of drug-likeness (QED) is 0.450. The van der Waals surface area contributed by atoms with Crippen LogP contribution in [0.3, 0.4) is 0 Å². The van der Waals surface area contributed by atoms with E-state index in [1.165, 1.54) is 0 Å². The van der Waals surface area contributed by atoms with Crippen LogP contribution in [0.25, 0.3) is 0 Å². The largest absolute Gasteiger partial charge is 0.508 e. The van der Waals surface area contributed by atoms with Crippen molar-refractivity contribution in [3.8, 4) is 5.75 Å². The number of benzene rings is 1. The van der Waals surface area contributed by atoms with Crippen LogP contribution in [-0.4, -0.2) is 55.9 Å². The van der Waals surface area contributed by atoms with Crippen LogP contribution < -0.4 is 10.6 Å². The number of aliphatic imine (C=N–C) groups is 2. The van der Waals surface area contributed by atoms with Gasteiger partial charge in [-0.25, -0.2) is 9.98 Å². The third kappa shape index (κ3) is 7.11. The van der Waals surface area contributed by atoms with Gasteiger partial charge >= 0.3 is 0 Å². The molecular formula is C22H31N5OS. The van der Waals surface area contributed by atoms with Crippen LogP contribution in [0, 0.1) is 5.92 Å². The molecule has 3 N–H and O–H groups in total. The number of amidine groups is 2. The van der Waals surface area contributed by atoms with Gasteiger partial charge in [0, 0.05) is 25.1 Å². The lowest BCUT2D eigenvalue weighted by Gasteiger charge is -2.17. The molecule has 1 atom stereocenters. The maximum Gasteiger partial charge on any atom is 0.160 e. The average molecular weight is 414 g/mol. The van der Waals surface area contributed by atoms with E-state index in [9.17, 15) is 5.11 Å². The van der Waals surface area contributed by atoms with Gasteiger partial charge in [0.1, 0.15) is 17.4 Å². The molecule has 29 heavy (non-hydrogen) atoms. The van der Waals surface area contributed by atoms with E-state index >= 15 is 0 Å². The van der Waals surface area contributed by atoms with Gasteiger partial charge in [0.05, 0.1) is 6.54 Å². The van der Waals surface area contributed by atoms with Gasteiger partial charge in [-0.3, -0.25) is 0 Å². The molecule has 1 aliphatic heterocycles. The second-order valence-electron chi connectivity index (χ2n) is 7.15. The van der Waals surface area contributed by atoms with Gasteiger partial charge in [-0.05, 0) is 48.5 Å². The standard InChI is InChI=1S/C22H31N5OS/c1-15-16(2)29-14-20(15)22(25-17(3)23-4)26-21(13-27(5)6)24-12-11-18-7-9-19(28)10-8-18/h7-10,14-15,23,28H,2-3,11-13H2,1,4-6H3,(H,24,25,26). The van der Waals surface area contributed by atoms with E-state index in [1.807, 2.05) is 26.2 Å². The fourth-order valence-electron chi connectivity index (χ4n) is 2.67. The molecule has 0 saturated heterocycles. The van der Waals surface area contributed by atoms with E-state index in [4.69, 9.17) is 4.99 Å². The molecule has 1 heterocycles. The third-order valence-electron chi connectivity index (χ3n) is 4.46. The van der Waals surface area contributed by atoms with Crippen LogP contribution in [0.5, 0.6) is 5.75 Å². The molecule has 0 aliphatic carbocycles. The minimum atomic E-state index is 0.185. The fourth-order valence-corrected chi connectivity index (χ4v) is 3.59. The predicted octanol–water partition coefficient (Wildman–Crippen LogP) is 3.35. The fraction of sp³-hybridized carbons (Fsp3) is 0.364. The van der Waals surface area contributed by atoms with E-state index in [2.05, 4.69) is 46.0 Å². The molecule has 0 fully saturated rings. The Bertz CT molecular complexity index is 824. The summed E-state index contributed by atoms with van der Waals surface area (Å²) in [6, 6.07) is 7.27. The van der Waals surface area contributed by atoms with Gasteiger partial charge in [0.15, 0.2) is 5.84 Å². The van der Waals surface area contributed by atoms with Crippen molar-refractivity contribution in [2.45, 2.75) is 13.3 Å². The zero-order chi connectivity index (χ0) is 21.4. The van der Waals surface area contributed by atoms with Crippen LogP contribution in [-0.2, 0) is 6.42 Å². The number of aromatic hydroxyl groups is 1. The highest BCUT2D eigenvalue weighted by molar-refractivity contribution is 8.06. The summed E-state index contributed by atoms with van der Waals surface area (Å²) in [5.74, 6) is 2.52. The Morgan fingerprint density at radius 1 is 1.24 bits per heavy atom. The smallest absolute Gasteiger partial charge is 0.160 e. The molecule has 156 valence electrons. The highest BCUT2D eigenvalue weighted by Crippen LogP contribution is 2.38. The summed E-state index contributed by atoms with van der Waals surface area (Å²) in [6.45, 7) is 11.6. The van der Waals surface area contributed by atoms with Crippen molar-refractivity contribution < 1.29 is 5.11 Å². The van der Waals surface area contributed by atoms with Crippen molar-refractivity contribution in [2.24, 2.45) is 15.9 Å². The molecule has 0 amide bonds. The minimum absolute atomic E-state index is 0.185. The molecule has 0 saturated carbocycles. The first kappa shape index (κ1) is 22.8. The average Bonchev–Trinajstić information content (AvgIpc) is 3.01. The molecule has 6 nitrogen and oxygen atoms in total. The van der Waals surface area contributed by atoms with Gasteiger partial charge in [-0.2, -0.15) is 0 Å². The molecule has 7 heteroatoms. The van der Waals surface area contributed by atoms with Crippen molar-refractivity contribution >= 4 is 23.4 Å². The van der Waals surface area contributed by atoms with Crippen molar-refractivity contribution in [3.05, 3.63) is 64.7 Å². The molecule has 1 aromatic carbocycles. The van der Waals surface area contributed by atoms with E-state index in [-0.39, 0.29) is 11.7 Å². The van der Waals surface area contributed by atoms with E-state index in [0.29, 0.717) is 18.2 Å². The molecule has 1 unspecified atom stereocenters. The summed E-state index contributed by atoms with van der Waals surface area (Å²) in [7, 11) is 5.81. The highest BCUT2D eigenvalue weighted by Gasteiger charge is 2.24. The van der Waals surface area contributed by atoms with Gasteiger partial charge in [-0.1, -0.05) is 32.2 Å². The lowest BCUT2D eigenvalue weighted by molar-refractivity contribution is 0.464. The molecular weight excluding hydrogens is 382 g/mol. The second-order valence-corrected chi connectivity index (χ2v) is 8.15. The van der Waals surface area contributed by atoms with Gasteiger partial charge in [0.25, 0.3) is 0 Å². The minimum Gasteiger partial charge on any atom is -0.508 e. The summed E-state index contributed by atoms with van der Waals surface area (Å²) in [4.78, 5) is 12.6. The highest BCUT2D eigenvalue weighted by atomic mass is 32.2. The number of phenols is 1. The van der Waals surface area contributed by atoms with E-state index in [1.54, 1.807) is 30.9 Å². The number of allylic oxidation sites excluding steroid dienone is 1. The predicted molar refractivity (Wildman–Crippen MR) is 125 cm³/mol. The summed E-state index contributed by atoms with van der Waals surface area (Å²) >= 11 is 1.63. The van der Waals surface area contributed by atoms with E-state index < -0.39 is 0 Å². The summed E-state index contributed by atoms with van der Waals surface area (Å²) < 4.78 is 0. The van der Waals surface area contributed by atoms with Crippen molar-refractivity contribution in [1.29, 1.82) is 0 Å². The molecule has 0 radical (unpaired) electrons. The third-order valence-corrected chi connectivity index (χ3v) is 5.49. The van der Waals surface area contributed by atoms with Crippen LogP contribution in [0.1, 0.15) is 12.5 Å². The van der Waals surface area contributed by atoms with Crippen LogP contribution in [0.2, 0.25) is 0 Å². The molecule has 1 aromatic rings. The van der Waals surface area contributed by atoms with Gasteiger partial charge < -0.3 is 20.6 Å². The Morgan fingerprint density at radius 3 is 2.48 bits per heavy atom. The lowest BCUT2D eigenvalue weighted by Crippen LogP contribution is -2.35. The number of thioether (sulfide) groups is 1. The topological polar surface area (TPSA) is 72.2 Å². The number of rotatable bonds is 8. The summed E-state index contributed by atoms with van der Waals surface area (Å²) in [5, 5.41) is 17.9. The van der Waals surface area contributed by atoms with Crippen LogP contribution >= 0.6 is 11.8 Å². The Labute approximate surface area is 178 Å². The lowest BCUT2D eigenvalue weighted by atomic mass is 10.0. The molecule has 0 bridgehead atoms. The first-order valence-corrected chi connectivity index (χ1v) is 10.4. The number of hydrogen-bond acceptors (Lipinski definition) is 5. The van der Waals surface area contributed by atoms with Gasteiger partial charge in [0.2, 0.25) is 0 Å². The Balaban J connectivity index is 2.20. The number of nitrogens with one attached hydrogen (secondary N) is 2. The second kappa shape index (κ2) is 10.9. The van der Waals surface area contributed by atoms with Crippen molar-refractivity contribution in [2.75, 3.05) is 34.2 Å². The Kier molecular flexibility index (Phi) is 8.54. The van der Waals surface area contributed by atoms with Crippen LogP contribution in [0.4, 0.5) is 0 Å². The first-order valence-electron chi connectivity index (χ1n) is 9.55. The number of likely N-dealkylation sites (N-methyl/N-ethyl adjacent to an activating group) is 1. The monoisotopic (exact) mass is 413 g/mol. The van der Waals surface area contributed by atoms with E-state index in [0.717, 1.165) is 34.8 Å². The van der Waals surface area contributed by atoms with Crippen molar-refractivity contribution in [1.82, 2.24) is 15.5 Å². The summed E-state index contributed by atoms with van der Waals surface area (Å²) in [6.07, 6.45) is 0.828. The summed E-state index contributed by atoms with van der Waals surface area (Å²) in [5.41, 5.74) is 2.20. The Morgan fingerprint density at radius 2 is 1.93 bits per heavy atom. The van der Waals surface area contributed by atoms with Crippen molar-refractivity contribution in [3.63, 3.8) is 0 Å². The van der Waals surface area contributed by atoms with Gasteiger partial charge in [-0.15, -0.1) is 11.8 Å². The number of nitrogens with zero attached hydrogens (tertiary/aromatic N) is 3. The molecule has 1 aliphatic rings.